The molecule has 1 atom stereocenters. The van der Waals surface area contributed by atoms with E-state index in [0.717, 1.165) is 25.7 Å². The third-order valence-corrected chi connectivity index (χ3v) is 5.02. The number of carbonyl (C=O) groups is 1. The first-order valence-corrected chi connectivity index (χ1v) is 9.12. The lowest BCUT2D eigenvalue weighted by Crippen LogP contribution is -2.41. The Kier molecular flexibility index (Phi) is 5.77. The summed E-state index contributed by atoms with van der Waals surface area (Å²) in [5.41, 5.74) is 0. The third kappa shape index (κ3) is 4.41. The first kappa shape index (κ1) is 17.2. The Labute approximate surface area is 135 Å². The third-order valence-electron chi connectivity index (χ3n) is 3.53. The molecule has 2 rings (SSSR count). The van der Waals surface area contributed by atoms with Gasteiger partial charge >= 0.3 is 0 Å². The maximum atomic E-state index is 12.1. The van der Waals surface area contributed by atoms with E-state index in [2.05, 4.69) is 4.98 Å². The molecule has 1 aromatic heterocycles. The van der Waals surface area contributed by atoms with E-state index in [-0.39, 0.29) is 11.1 Å². The van der Waals surface area contributed by atoms with Crippen LogP contribution in [0.2, 0.25) is 5.02 Å². The van der Waals surface area contributed by atoms with Crippen LogP contribution in [0.4, 0.5) is 0 Å². The predicted octanol–water partition coefficient (Wildman–Crippen LogP) is 2.28. The number of rotatable bonds is 6. The second-order valence-corrected chi connectivity index (χ2v) is 7.29. The van der Waals surface area contributed by atoms with Crippen molar-refractivity contribution in [2.45, 2.75) is 56.3 Å². The van der Waals surface area contributed by atoms with Gasteiger partial charge in [-0.2, -0.15) is 8.42 Å². The van der Waals surface area contributed by atoms with Crippen molar-refractivity contribution in [2.75, 3.05) is 0 Å². The zero-order chi connectivity index (χ0) is 16.2. The minimum Gasteiger partial charge on any atom is -0.365 e. The Hall–Kier alpha value is -1.18. The van der Waals surface area contributed by atoms with Crippen LogP contribution in [0.5, 0.6) is 0 Å². The fourth-order valence-electron chi connectivity index (χ4n) is 2.37. The van der Waals surface area contributed by atoms with Crippen molar-refractivity contribution >= 4 is 27.5 Å². The van der Waals surface area contributed by atoms with Crippen molar-refractivity contribution in [1.29, 1.82) is 0 Å². The number of aromatic nitrogens is 1. The molecule has 0 radical (unpaired) electrons. The molecule has 0 aliphatic heterocycles. The standard InChI is InChI=1S/C14H19ClN2O4S/c1-2-12(21-11-5-3-4-6-11)14(18)17-22(19,20)13-8-7-10(15)9-16-13/h7-9,11-12H,2-6H2,1H3,(H,17,18)/t12-/m1/s1. The van der Waals surface area contributed by atoms with E-state index in [0.29, 0.717) is 11.4 Å². The Morgan fingerprint density at radius 1 is 1.45 bits per heavy atom. The lowest BCUT2D eigenvalue weighted by atomic mass is 10.2. The highest BCUT2D eigenvalue weighted by Crippen LogP contribution is 2.23. The van der Waals surface area contributed by atoms with Crippen LogP contribution >= 0.6 is 11.6 Å². The second kappa shape index (κ2) is 7.39. The molecular weight excluding hydrogens is 328 g/mol. The van der Waals surface area contributed by atoms with Crippen LogP contribution in [0.1, 0.15) is 39.0 Å². The van der Waals surface area contributed by atoms with E-state index in [1.807, 2.05) is 4.72 Å². The molecular formula is C14H19ClN2O4S. The highest BCUT2D eigenvalue weighted by Gasteiger charge is 2.28. The number of carbonyl (C=O) groups excluding carboxylic acids is 1. The number of nitrogens with one attached hydrogen (secondary N) is 1. The number of nitrogens with zero attached hydrogens (tertiary/aromatic N) is 1. The molecule has 1 fully saturated rings. The molecule has 1 aromatic rings. The first-order chi connectivity index (χ1) is 10.4. The zero-order valence-corrected chi connectivity index (χ0v) is 13.9. The summed E-state index contributed by atoms with van der Waals surface area (Å²) in [6, 6.07) is 2.65. The van der Waals surface area contributed by atoms with E-state index < -0.39 is 22.0 Å². The van der Waals surface area contributed by atoms with Crippen LogP contribution in [0, 0.1) is 0 Å². The van der Waals surface area contributed by atoms with Gasteiger partial charge in [-0.15, -0.1) is 0 Å². The van der Waals surface area contributed by atoms with Gasteiger partial charge in [0, 0.05) is 6.20 Å². The predicted molar refractivity (Wildman–Crippen MR) is 82.0 cm³/mol. The molecule has 0 bridgehead atoms. The molecule has 8 heteroatoms. The normalized spacial score (nSPS) is 17.4. The summed E-state index contributed by atoms with van der Waals surface area (Å²) < 4.78 is 32.0. The molecule has 1 aliphatic rings. The first-order valence-electron chi connectivity index (χ1n) is 7.26. The molecule has 1 heterocycles. The minimum absolute atomic E-state index is 0.0343. The van der Waals surface area contributed by atoms with Crippen LogP contribution in [-0.4, -0.2) is 31.5 Å². The van der Waals surface area contributed by atoms with Gasteiger partial charge < -0.3 is 4.74 Å². The number of ether oxygens (including phenoxy) is 1. The molecule has 1 amide bonds. The molecule has 0 saturated heterocycles. The van der Waals surface area contributed by atoms with Crippen LogP contribution < -0.4 is 4.72 Å². The number of halogens is 1. The maximum Gasteiger partial charge on any atom is 0.281 e. The lowest BCUT2D eigenvalue weighted by Gasteiger charge is -2.20. The van der Waals surface area contributed by atoms with Crippen LogP contribution in [0.25, 0.3) is 0 Å². The second-order valence-electron chi connectivity index (χ2n) is 5.22. The van der Waals surface area contributed by atoms with Crippen molar-refractivity contribution in [1.82, 2.24) is 9.71 Å². The van der Waals surface area contributed by atoms with Gasteiger partial charge in [0.25, 0.3) is 15.9 Å². The van der Waals surface area contributed by atoms with Gasteiger partial charge in [0.05, 0.1) is 11.1 Å². The smallest absolute Gasteiger partial charge is 0.281 e. The largest absolute Gasteiger partial charge is 0.365 e. The van der Waals surface area contributed by atoms with Crippen LogP contribution in [-0.2, 0) is 19.6 Å². The number of sulfonamides is 1. The quantitative estimate of drug-likeness (QED) is 0.854. The number of hydrogen-bond donors (Lipinski definition) is 1. The van der Waals surface area contributed by atoms with Gasteiger partial charge in [-0.05, 0) is 31.4 Å². The summed E-state index contributed by atoms with van der Waals surface area (Å²) in [6.07, 6.45) is 4.87. The van der Waals surface area contributed by atoms with Crippen molar-refractivity contribution in [2.24, 2.45) is 0 Å². The van der Waals surface area contributed by atoms with Gasteiger partial charge in [-0.1, -0.05) is 31.4 Å². The van der Waals surface area contributed by atoms with E-state index in [9.17, 15) is 13.2 Å². The Morgan fingerprint density at radius 2 is 2.14 bits per heavy atom. The van der Waals surface area contributed by atoms with Gasteiger partial charge in [-0.3, -0.25) is 4.79 Å². The van der Waals surface area contributed by atoms with Gasteiger partial charge in [0.1, 0.15) is 6.10 Å². The molecule has 1 saturated carbocycles. The average Bonchev–Trinajstić information content (AvgIpc) is 2.97. The van der Waals surface area contributed by atoms with Gasteiger partial charge in [0.15, 0.2) is 5.03 Å². The molecule has 6 nitrogen and oxygen atoms in total. The topological polar surface area (TPSA) is 85.4 Å². The van der Waals surface area contributed by atoms with Crippen molar-refractivity contribution < 1.29 is 17.9 Å². The highest BCUT2D eigenvalue weighted by molar-refractivity contribution is 7.90. The summed E-state index contributed by atoms with van der Waals surface area (Å²) in [5.74, 6) is -0.661. The summed E-state index contributed by atoms with van der Waals surface area (Å²) >= 11 is 5.67. The van der Waals surface area contributed by atoms with Crippen LogP contribution in [0.15, 0.2) is 23.4 Å². The fourth-order valence-corrected chi connectivity index (χ4v) is 3.42. The SMILES string of the molecule is CC[C@@H](OC1CCCC1)C(=O)NS(=O)(=O)c1ccc(Cl)cn1. The molecule has 0 aromatic carbocycles. The number of hydrogen-bond acceptors (Lipinski definition) is 5. The van der Waals surface area contributed by atoms with Crippen LogP contribution in [0.3, 0.4) is 0 Å². The summed E-state index contributed by atoms with van der Waals surface area (Å²) in [5, 5.41) is 0.0715. The molecule has 22 heavy (non-hydrogen) atoms. The fraction of sp³-hybridized carbons (Fsp3) is 0.571. The van der Waals surface area contributed by atoms with Crippen molar-refractivity contribution in [3.05, 3.63) is 23.4 Å². The molecule has 122 valence electrons. The zero-order valence-electron chi connectivity index (χ0n) is 12.3. The number of amides is 1. The minimum atomic E-state index is -4.01. The highest BCUT2D eigenvalue weighted by atomic mass is 35.5. The van der Waals surface area contributed by atoms with E-state index in [4.69, 9.17) is 16.3 Å². The summed E-state index contributed by atoms with van der Waals surface area (Å²) in [4.78, 5) is 15.9. The van der Waals surface area contributed by atoms with Crippen molar-refractivity contribution in [3.63, 3.8) is 0 Å². The Morgan fingerprint density at radius 3 is 2.68 bits per heavy atom. The molecule has 1 N–H and O–H groups in total. The monoisotopic (exact) mass is 346 g/mol. The lowest BCUT2D eigenvalue weighted by molar-refractivity contribution is -0.134. The van der Waals surface area contributed by atoms with E-state index in [1.165, 1.54) is 18.3 Å². The van der Waals surface area contributed by atoms with Gasteiger partial charge in [0.2, 0.25) is 0 Å². The summed E-state index contributed by atoms with van der Waals surface area (Å²) in [6.45, 7) is 1.78. The van der Waals surface area contributed by atoms with E-state index >= 15 is 0 Å². The van der Waals surface area contributed by atoms with E-state index in [1.54, 1.807) is 6.92 Å². The molecule has 0 spiro atoms. The maximum absolute atomic E-state index is 12.1. The average molecular weight is 347 g/mol. The Bertz CT molecular complexity index is 612. The van der Waals surface area contributed by atoms with Gasteiger partial charge in [-0.25, -0.2) is 9.71 Å². The summed E-state index contributed by atoms with van der Waals surface area (Å²) in [7, 11) is -4.01. The van der Waals surface area contributed by atoms with Crippen molar-refractivity contribution in [3.8, 4) is 0 Å². The molecule has 1 aliphatic carbocycles. The Balaban J connectivity index is 2.03. The number of pyridine rings is 1. The molecule has 0 unspecified atom stereocenters.